The SMILES string of the molecule is COC(CCN[Si]C)OC. The highest BCUT2D eigenvalue weighted by Gasteiger charge is 2.01. The smallest absolute Gasteiger partial charge is 0.158 e. The Bertz CT molecular complexity index is 68.8. The Morgan fingerprint density at radius 1 is 1.40 bits per heavy atom. The number of rotatable bonds is 6. The normalized spacial score (nSPS) is 10.8. The van der Waals surface area contributed by atoms with E-state index in [1.54, 1.807) is 14.2 Å². The van der Waals surface area contributed by atoms with Crippen LogP contribution >= 0.6 is 0 Å². The van der Waals surface area contributed by atoms with Gasteiger partial charge < -0.3 is 14.5 Å². The first-order valence-corrected chi connectivity index (χ1v) is 4.80. The van der Waals surface area contributed by atoms with Crippen LogP contribution in [0.25, 0.3) is 0 Å². The fourth-order valence-electron chi connectivity index (χ4n) is 0.647. The lowest BCUT2D eigenvalue weighted by Crippen LogP contribution is -2.24. The molecule has 0 aliphatic carbocycles. The van der Waals surface area contributed by atoms with Gasteiger partial charge in [0, 0.05) is 20.6 Å². The molecule has 0 aliphatic rings. The molecule has 60 valence electrons. The molecule has 0 saturated heterocycles. The van der Waals surface area contributed by atoms with Crippen LogP contribution in [0.2, 0.25) is 6.55 Å². The highest BCUT2D eigenvalue weighted by molar-refractivity contribution is 6.29. The lowest BCUT2D eigenvalue weighted by Gasteiger charge is -2.12. The first kappa shape index (κ1) is 10.1. The van der Waals surface area contributed by atoms with Crippen molar-refractivity contribution < 1.29 is 9.47 Å². The molecule has 0 fully saturated rings. The first-order valence-electron chi connectivity index (χ1n) is 3.30. The molecule has 0 atom stereocenters. The third-order valence-corrected chi connectivity index (χ3v) is 1.81. The standard InChI is InChI=1S/C6H15NO2Si/c1-8-6(9-2)4-5-7-10-3/h6-7H,4-5H2,1-3H3. The molecule has 0 rings (SSSR count). The topological polar surface area (TPSA) is 30.5 Å². The van der Waals surface area contributed by atoms with Crippen molar-refractivity contribution >= 4 is 9.68 Å². The molecule has 0 amide bonds. The van der Waals surface area contributed by atoms with Crippen LogP contribution in [0.1, 0.15) is 6.42 Å². The lowest BCUT2D eigenvalue weighted by atomic mass is 10.4. The number of ether oxygens (including phenoxy) is 2. The van der Waals surface area contributed by atoms with Crippen LogP contribution in [0.15, 0.2) is 0 Å². The molecule has 0 saturated carbocycles. The lowest BCUT2D eigenvalue weighted by molar-refractivity contribution is -0.104. The molecule has 1 N–H and O–H groups in total. The van der Waals surface area contributed by atoms with E-state index in [9.17, 15) is 0 Å². The molecule has 0 unspecified atom stereocenters. The molecule has 0 spiro atoms. The van der Waals surface area contributed by atoms with E-state index in [1.807, 2.05) is 0 Å². The summed E-state index contributed by atoms with van der Waals surface area (Å²) >= 11 is 0. The maximum atomic E-state index is 4.99. The summed E-state index contributed by atoms with van der Waals surface area (Å²) in [6.45, 7) is 3.07. The molecule has 0 heterocycles. The molecule has 10 heavy (non-hydrogen) atoms. The molecule has 2 radical (unpaired) electrons. The van der Waals surface area contributed by atoms with E-state index in [4.69, 9.17) is 9.47 Å². The van der Waals surface area contributed by atoms with Crippen molar-refractivity contribution in [1.82, 2.24) is 4.98 Å². The van der Waals surface area contributed by atoms with E-state index in [-0.39, 0.29) is 6.29 Å². The quantitative estimate of drug-likeness (QED) is 0.344. The molecule has 0 bridgehead atoms. The van der Waals surface area contributed by atoms with E-state index in [2.05, 4.69) is 11.5 Å². The van der Waals surface area contributed by atoms with E-state index in [0.717, 1.165) is 22.6 Å². The third kappa shape index (κ3) is 4.93. The molecule has 4 heteroatoms. The zero-order valence-corrected chi connectivity index (χ0v) is 7.81. The minimum absolute atomic E-state index is 0.0520. The Labute approximate surface area is 65.0 Å². The van der Waals surface area contributed by atoms with Gasteiger partial charge in [0.1, 0.15) is 9.68 Å². The van der Waals surface area contributed by atoms with Gasteiger partial charge in [0.05, 0.1) is 0 Å². The van der Waals surface area contributed by atoms with Crippen LogP contribution < -0.4 is 4.98 Å². The number of methoxy groups -OCH3 is 2. The van der Waals surface area contributed by atoms with Gasteiger partial charge in [-0.05, 0) is 6.54 Å². The molecule has 3 nitrogen and oxygen atoms in total. The highest BCUT2D eigenvalue weighted by Crippen LogP contribution is 1.94. The number of hydrogen-bond acceptors (Lipinski definition) is 3. The number of nitrogens with one attached hydrogen (secondary N) is 1. The molecular weight excluding hydrogens is 146 g/mol. The number of hydrogen-bond donors (Lipinski definition) is 1. The summed E-state index contributed by atoms with van der Waals surface area (Å²) in [5.41, 5.74) is 0. The Morgan fingerprint density at radius 3 is 2.40 bits per heavy atom. The van der Waals surface area contributed by atoms with Crippen molar-refractivity contribution in [3.63, 3.8) is 0 Å². The van der Waals surface area contributed by atoms with Crippen molar-refractivity contribution in [2.24, 2.45) is 0 Å². The predicted octanol–water partition coefficient (Wildman–Crippen LogP) is 0.252. The second-order valence-electron chi connectivity index (χ2n) is 1.87. The van der Waals surface area contributed by atoms with Crippen molar-refractivity contribution in [1.29, 1.82) is 0 Å². The van der Waals surface area contributed by atoms with Crippen LogP contribution in [0.4, 0.5) is 0 Å². The Morgan fingerprint density at radius 2 is 2.00 bits per heavy atom. The Hall–Kier alpha value is 0.0969. The first-order chi connectivity index (χ1) is 4.85. The van der Waals surface area contributed by atoms with E-state index in [0.29, 0.717) is 0 Å². The average molecular weight is 161 g/mol. The van der Waals surface area contributed by atoms with Crippen molar-refractivity contribution in [3.05, 3.63) is 0 Å². The van der Waals surface area contributed by atoms with Crippen LogP contribution in [0, 0.1) is 0 Å². The van der Waals surface area contributed by atoms with Crippen LogP contribution in [-0.2, 0) is 9.47 Å². The minimum atomic E-state index is -0.0520. The van der Waals surface area contributed by atoms with Gasteiger partial charge in [-0.2, -0.15) is 0 Å². The predicted molar refractivity (Wildman–Crippen MR) is 42.0 cm³/mol. The van der Waals surface area contributed by atoms with Gasteiger partial charge in [-0.15, -0.1) is 0 Å². The van der Waals surface area contributed by atoms with Crippen molar-refractivity contribution in [2.75, 3.05) is 20.8 Å². The van der Waals surface area contributed by atoms with Gasteiger partial charge in [0.15, 0.2) is 6.29 Å². The summed E-state index contributed by atoms with van der Waals surface area (Å²) in [6, 6.07) is 0. The Balaban J connectivity index is 3.09. The average Bonchev–Trinajstić information content (AvgIpc) is 1.99. The van der Waals surface area contributed by atoms with Crippen LogP contribution in [-0.4, -0.2) is 36.7 Å². The second kappa shape index (κ2) is 7.21. The van der Waals surface area contributed by atoms with Gasteiger partial charge in [0.25, 0.3) is 0 Å². The molecular formula is C6H15NO2Si. The fourth-order valence-corrected chi connectivity index (χ4v) is 1.04. The summed E-state index contributed by atoms with van der Waals surface area (Å²) in [5, 5.41) is 0. The van der Waals surface area contributed by atoms with Gasteiger partial charge >= 0.3 is 0 Å². The third-order valence-electron chi connectivity index (χ3n) is 1.21. The maximum absolute atomic E-state index is 4.99. The Kier molecular flexibility index (Phi) is 7.28. The monoisotopic (exact) mass is 161 g/mol. The summed E-state index contributed by atoms with van der Waals surface area (Å²) in [7, 11) is 4.11. The fraction of sp³-hybridized carbons (Fsp3) is 1.00. The summed E-state index contributed by atoms with van der Waals surface area (Å²) in [4.78, 5) is 3.22. The van der Waals surface area contributed by atoms with E-state index >= 15 is 0 Å². The van der Waals surface area contributed by atoms with E-state index in [1.165, 1.54) is 0 Å². The molecule has 0 aliphatic heterocycles. The highest BCUT2D eigenvalue weighted by atomic mass is 28.2. The summed E-state index contributed by atoms with van der Waals surface area (Å²) in [6.07, 6.45) is 0.859. The molecule has 0 aromatic carbocycles. The second-order valence-corrected chi connectivity index (χ2v) is 2.72. The zero-order valence-electron chi connectivity index (χ0n) is 6.81. The molecule has 0 aromatic heterocycles. The van der Waals surface area contributed by atoms with Gasteiger partial charge in [0.2, 0.25) is 0 Å². The largest absolute Gasteiger partial charge is 0.356 e. The van der Waals surface area contributed by atoms with Crippen LogP contribution in [0.3, 0.4) is 0 Å². The summed E-state index contributed by atoms with van der Waals surface area (Å²) in [5.74, 6) is 0. The van der Waals surface area contributed by atoms with E-state index < -0.39 is 0 Å². The summed E-state index contributed by atoms with van der Waals surface area (Å²) < 4.78 is 9.97. The van der Waals surface area contributed by atoms with Gasteiger partial charge in [-0.1, -0.05) is 6.55 Å². The zero-order chi connectivity index (χ0) is 7.82. The van der Waals surface area contributed by atoms with Crippen LogP contribution in [0.5, 0.6) is 0 Å². The van der Waals surface area contributed by atoms with Crippen molar-refractivity contribution in [2.45, 2.75) is 19.3 Å². The van der Waals surface area contributed by atoms with Crippen molar-refractivity contribution in [3.8, 4) is 0 Å². The van der Waals surface area contributed by atoms with Gasteiger partial charge in [-0.3, -0.25) is 0 Å². The van der Waals surface area contributed by atoms with Gasteiger partial charge in [-0.25, -0.2) is 0 Å². The minimum Gasteiger partial charge on any atom is -0.356 e. The maximum Gasteiger partial charge on any atom is 0.158 e. The molecule has 0 aromatic rings.